The number of alkyl halides is 7. The monoisotopic (exact) mass is 1800 g/mol. The molecule has 5 aliphatic rings. The maximum Gasteiger partial charge on any atom is 0.336 e. The van der Waals surface area contributed by atoms with E-state index in [1.807, 2.05) is 6.92 Å². The van der Waals surface area contributed by atoms with Gasteiger partial charge in [0.25, 0.3) is 19.3 Å². The first-order valence-corrected chi connectivity index (χ1v) is 37.5. The van der Waals surface area contributed by atoms with E-state index < -0.39 is 240 Å². The Hall–Kier alpha value is -11.9. The molecule has 1 saturated carbocycles. The Labute approximate surface area is 700 Å². The summed E-state index contributed by atoms with van der Waals surface area (Å²) in [7, 11) is 0. The normalized spacial score (nSPS) is 27.3. The molecule has 0 bridgehead atoms. The number of anilines is 1. The number of rotatable bonds is 23. The number of aliphatic hydroxyl groups excluding tert-OH is 12. The van der Waals surface area contributed by atoms with Gasteiger partial charge < -0.3 is 139 Å². The summed E-state index contributed by atoms with van der Waals surface area (Å²) < 4.78 is 141. The summed E-state index contributed by atoms with van der Waals surface area (Å²) in [4.78, 5) is 110. The van der Waals surface area contributed by atoms with Gasteiger partial charge in [-0.2, -0.15) is 0 Å². The van der Waals surface area contributed by atoms with Crippen molar-refractivity contribution in [2.45, 2.75) is 215 Å². The van der Waals surface area contributed by atoms with Crippen molar-refractivity contribution < 1.29 is 188 Å². The number of benzene rings is 4. The number of halogens is 7. The third kappa shape index (κ3) is 22.1. The number of ether oxygens (including phenoxy) is 6. The Morgan fingerprint density at radius 2 is 0.849 bits per heavy atom. The van der Waals surface area contributed by atoms with Crippen LogP contribution in [0.2, 0.25) is 0 Å². The van der Waals surface area contributed by atoms with Crippen LogP contribution >= 0.6 is 0 Å². The Balaban J connectivity index is 0.000000198. The van der Waals surface area contributed by atoms with Crippen molar-refractivity contribution in [1.29, 1.82) is 0 Å². The van der Waals surface area contributed by atoms with Crippen LogP contribution in [0.5, 0.6) is 23.0 Å². The highest BCUT2D eigenvalue weighted by atomic mass is 19.3. The molecule has 0 radical (unpaired) electrons. The molecule has 7 heterocycles. The van der Waals surface area contributed by atoms with Crippen LogP contribution in [0.15, 0.2) is 111 Å². The van der Waals surface area contributed by atoms with E-state index in [1.54, 1.807) is 20.8 Å². The Kier molecular flexibility index (Phi) is 33.5. The lowest BCUT2D eigenvalue weighted by molar-refractivity contribution is -0.271. The number of aliphatic carboxylic acids is 4. The van der Waals surface area contributed by atoms with Crippen LogP contribution in [0.1, 0.15) is 112 Å². The van der Waals surface area contributed by atoms with Gasteiger partial charge in [-0.3, -0.25) is 14.4 Å². The lowest BCUT2D eigenvalue weighted by Gasteiger charge is -2.38. The van der Waals surface area contributed by atoms with E-state index in [4.69, 9.17) is 73.2 Å². The molecule has 1 aliphatic carbocycles. The number of carboxylic acid groups (broad SMARTS) is 4. The fraction of sp³-hybridized carbons (Fsp3) is 0.487. The van der Waals surface area contributed by atoms with Crippen LogP contribution in [0.4, 0.5) is 36.4 Å². The van der Waals surface area contributed by atoms with Gasteiger partial charge in [-0.25, -0.2) is 59.5 Å². The van der Waals surface area contributed by atoms with Crippen LogP contribution in [0.25, 0.3) is 53.8 Å². The SMILES string of the molecule is CC(F)c1c(O)ccc2c(CN=[N+]=[N-])cc(=O)oc12.CCC(C)C(=O)N1C2C(O)C(O)C(O)C(C(=O)O)C21.CCC(C)C(=O)Nc1ccc(OC2OC(C(=O)O)C(O)C(O)C2O)c(C(F)F)c1.Cc1cc(=O)oc2c(C(F)F)c(OC3OC(C(=O)O)C(O)C(O)C3O)ccc12.[N-]=[N+]=NCc1cc(=O)oc2c(C(F)F)c(OC3OC(C(=O)O)C(O)C(O)C3O)ccc12. The number of nitrogens with one attached hydrogen (secondary N) is 1. The Morgan fingerprint density at radius 1 is 0.468 bits per heavy atom. The van der Waals surface area contributed by atoms with E-state index in [2.05, 4.69) is 25.4 Å². The van der Waals surface area contributed by atoms with Crippen LogP contribution in [-0.2, 0) is 56.1 Å². The minimum absolute atomic E-state index is 0.0226. The molecule has 24 atom stereocenters. The largest absolute Gasteiger partial charge is 0.507 e. The summed E-state index contributed by atoms with van der Waals surface area (Å²) in [5.41, 5.74) is 11.8. The van der Waals surface area contributed by atoms with Gasteiger partial charge in [0.05, 0.1) is 42.4 Å². The van der Waals surface area contributed by atoms with Gasteiger partial charge in [0, 0.05) is 61.7 Å². The van der Waals surface area contributed by atoms with Crippen molar-refractivity contribution in [1.82, 2.24) is 4.90 Å². The smallest absolute Gasteiger partial charge is 0.336 e. The van der Waals surface area contributed by atoms with Crippen molar-refractivity contribution in [2.75, 3.05) is 5.32 Å². The first-order valence-electron chi connectivity index (χ1n) is 37.5. The molecule has 24 unspecified atom stereocenters. The van der Waals surface area contributed by atoms with E-state index in [0.717, 1.165) is 36.4 Å². The summed E-state index contributed by atoms with van der Waals surface area (Å²) in [5, 5.41) is 173. The van der Waals surface area contributed by atoms with E-state index in [0.29, 0.717) is 29.4 Å². The first-order chi connectivity index (χ1) is 59.2. The maximum atomic E-state index is 13.9. The van der Waals surface area contributed by atoms with Crippen molar-refractivity contribution in [3.05, 3.63) is 164 Å². The average Bonchev–Trinajstić information content (AvgIpc) is 1.54. The second-order valence-electron chi connectivity index (χ2n) is 28.8. The topological polar surface area (TPSA) is 705 Å². The van der Waals surface area contributed by atoms with Crippen LogP contribution < -0.4 is 36.4 Å². The Bertz CT molecular complexity index is 5430. The first kappa shape index (κ1) is 99.5. The van der Waals surface area contributed by atoms with Crippen LogP contribution in [0.3, 0.4) is 0 Å². The molecular weight excluding hydrogens is 1720 g/mol. The lowest BCUT2D eigenvalue weighted by atomic mass is 9.83. The van der Waals surface area contributed by atoms with Gasteiger partial charge in [-0.1, -0.05) is 37.9 Å². The summed E-state index contributed by atoms with van der Waals surface area (Å²) in [6, 6.07) is 12.7. The summed E-state index contributed by atoms with van der Waals surface area (Å²) in [6.07, 6.45) is -43.4. The quantitative estimate of drug-likeness (QED) is 0.0108. The predicted octanol–water partition coefficient (Wildman–Crippen LogP) is 3.75. The fourth-order valence-corrected chi connectivity index (χ4v) is 13.5. The molecule has 4 aromatic carbocycles. The number of carbonyl (C=O) groups excluding carboxylic acids is 2. The highest BCUT2D eigenvalue weighted by Crippen LogP contribution is 2.47. The molecule has 126 heavy (non-hydrogen) atoms. The molecule has 43 nitrogen and oxygen atoms in total. The second-order valence-corrected chi connectivity index (χ2v) is 28.8. The minimum Gasteiger partial charge on any atom is -0.507 e. The number of azide groups is 2. The number of aromatic hydroxyl groups is 1. The predicted molar refractivity (Wildman–Crippen MR) is 406 cm³/mol. The molecule has 50 heteroatoms. The number of carboxylic acids is 4. The van der Waals surface area contributed by atoms with Crippen molar-refractivity contribution >= 4 is 74.3 Å². The zero-order valence-corrected chi connectivity index (χ0v) is 66.1. The molecule has 686 valence electrons. The molecule has 4 saturated heterocycles. The summed E-state index contributed by atoms with van der Waals surface area (Å²) in [6.45, 7) is 9.43. The molecule has 12 rings (SSSR count). The molecule has 7 aromatic rings. The minimum atomic E-state index is -3.26. The fourth-order valence-electron chi connectivity index (χ4n) is 13.5. The maximum absolute atomic E-state index is 13.9. The number of likely N-dealkylation sites (tertiary alicyclic amines) is 1. The van der Waals surface area contributed by atoms with Gasteiger partial charge in [-0.05, 0) is 109 Å². The average molecular weight is 1800 g/mol. The number of aryl methyl sites for hydroxylation is 1. The number of carbonyl (C=O) groups is 6. The van der Waals surface area contributed by atoms with Crippen molar-refractivity contribution in [2.24, 2.45) is 28.0 Å². The lowest BCUT2D eigenvalue weighted by Crippen LogP contribution is -2.61. The molecule has 0 spiro atoms. The Morgan fingerprint density at radius 3 is 1.24 bits per heavy atom. The standard InChI is InChI=1S/C18H23F2NO8.C17H15F2N3O9.C17H16F2O9.C12H10FN3O3.C12H19NO6/c1-3-7(2)16(25)21-8-4-5-10(9(6-8)15(19)20)28-18-13(24)11(22)12(23)14(29-18)17(26)27;18-15(19)9-7(29-17-12(26)10(24)11(25)14(31-17)16(27)28)2-1-6-5(4-21-22-20)3-8(23)30-13(6)9;1-5-4-8(20)27-13-6(5)2-3-7(9(13)15(18)19)26-17-12(23)10(21)11(22)14(28-17)16(24)25;1-6(13)11-9(17)3-2-8-7(5-15-16-14)4-10(18)19-12(8)11;1-3-4(2)11(17)13-6-5(12(18)19)8(14)10(16)9(15)7(6)13/h4-7,11-15,18,22-24H,3H2,1-2H3,(H,21,25)(H,26,27);1-3,10-12,14-15,17,24-26H,4H2,(H,27,28);2-4,10-12,14-15,17,21-23H,1H3,(H,24,25);2-4,6,17H,5H2,1H3;4-10,14-16H,3H2,1-2H3,(H,18,19). The van der Waals surface area contributed by atoms with Crippen molar-refractivity contribution in [3.63, 3.8) is 0 Å². The number of phenols is 1. The molecule has 4 aliphatic heterocycles. The number of amides is 2. The number of phenolic OH excluding ortho intramolecular Hbond substituents is 1. The van der Waals surface area contributed by atoms with E-state index in [-0.39, 0.29) is 75.7 Å². The van der Waals surface area contributed by atoms with E-state index in [1.165, 1.54) is 55.1 Å². The van der Waals surface area contributed by atoms with Gasteiger partial charge in [0.1, 0.15) is 119 Å². The van der Waals surface area contributed by atoms with Gasteiger partial charge in [0.2, 0.25) is 30.7 Å². The number of nitrogens with zero attached hydrogens (tertiary/aromatic N) is 7. The van der Waals surface area contributed by atoms with Crippen molar-refractivity contribution in [3.8, 4) is 23.0 Å². The number of fused-ring (bicyclic) bond motifs is 4. The molecule has 5 fully saturated rings. The molecule has 2 amide bonds. The molecule has 3 aromatic heterocycles. The summed E-state index contributed by atoms with van der Waals surface area (Å²) >= 11 is 0. The van der Waals surface area contributed by atoms with Crippen LogP contribution in [0, 0.1) is 24.7 Å². The highest BCUT2D eigenvalue weighted by molar-refractivity contribution is 5.93. The third-order valence-corrected chi connectivity index (χ3v) is 20.6. The highest BCUT2D eigenvalue weighted by Gasteiger charge is 2.68. The van der Waals surface area contributed by atoms with Gasteiger partial charge in [0.15, 0.2) is 29.5 Å². The second kappa shape index (κ2) is 42.4. The van der Waals surface area contributed by atoms with Gasteiger partial charge >= 0.3 is 40.8 Å². The van der Waals surface area contributed by atoms with E-state index in [9.17, 15) is 140 Å². The zero-order chi connectivity index (χ0) is 94.0. The van der Waals surface area contributed by atoms with E-state index >= 15 is 0 Å². The number of hydrogen-bond donors (Lipinski definition) is 18. The van der Waals surface area contributed by atoms with Gasteiger partial charge in [-0.15, -0.1) is 0 Å². The number of hydrogen-bond acceptors (Lipinski definition) is 33. The third-order valence-electron chi connectivity index (χ3n) is 20.6. The van der Waals surface area contributed by atoms with Crippen LogP contribution in [-0.4, -0.2) is 250 Å². The molecule has 18 N–H and O–H groups in total. The molecular formula is C76H83F7N8O35. The number of aliphatic hydroxyl groups is 12. The zero-order valence-electron chi connectivity index (χ0n) is 66.1. The summed E-state index contributed by atoms with van der Waals surface area (Å²) in [5.74, 6) is -10.6.